The maximum Gasteiger partial charge on any atom is 0.284 e. The SMILES string of the molecule is CCOc1cc2ncnc(Nc3cccc(Br)c3)c2cc1NC(=O)/C(F)=C/CN(C)C. The Bertz CT molecular complexity index is 1120. The van der Waals surface area contributed by atoms with Crippen LogP contribution >= 0.6 is 15.9 Å². The maximum absolute atomic E-state index is 14.2. The van der Waals surface area contributed by atoms with E-state index >= 15 is 0 Å². The van der Waals surface area contributed by atoms with Crippen molar-refractivity contribution in [2.75, 3.05) is 37.9 Å². The van der Waals surface area contributed by atoms with Crippen LogP contribution in [-0.4, -0.2) is 48.0 Å². The van der Waals surface area contributed by atoms with Crippen LogP contribution in [-0.2, 0) is 4.79 Å². The van der Waals surface area contributed by atoms with E-state index in [1.165, 1.54) is 12.4 Å². The summed E-state index contributed by atoms with van der Waals surface area (Å²) in [7, 11) is 3.58. The van der Waals surface area contributed by atoms with Gasteiger partial charge in [-0.25, -0.2) is 14.4 Å². The van der Waals surface area contributed by atoms with Crippen molar-refractivity contribution in [2.45, 2.75) is 6.92 Å². The summed E-state index contributed by atoms with van der Waals surface area (Å²) in [5, 5.41) is 6.50. The number of likely N-dealkylation sites (N-methyl/N-ethyl adjacent to an activating group) is 1. The van der Waals surface area contributed by atoms with Crippen LogP contribution in [0.25, 0.3) is 10.9 Å². The lowest BCUT2D eigenvalue weighted by molar-refractivity contribution is -0.114. The lowest BCUT2D eigenvalue weighted by Crippen LogP contribution is -2.16. The topological polar surface area (TPSA) is 79.4 Å². The number of ether oxygens (including phenoxy) is 1. The van der Waals surface area contributed by atoms with Gasteiger partial charge < -0.3 is 20.3 Å². The highest BCUT2D eigenvalue weighted by Gasteiger charge is 2.16. The van der Waals surface area contributed by atoms with E-state index in [9.17, 15) is 9.18 Å². The number of carbonyl (C=O) groups excluding carboxylic acids is 1. The highest BCUT2D eigenvalue weighted by molar-refractivity contribution is 9.10. The van der Waals surface area contributed by atoms with Crippen LogP contribution in [0.2, 0.25) is 0 Å². The number of amides is 1. The van der Waals surface area contributed by atoms with Gasteiger partial charge in [0.2, 0.25) is 0 Å². The number of hydrogen-bond acceptors (Lipinski definition) is 6. The molecule has 162 valence electrons. The summed E-state index contributed by atoms with van der Waals surface area (Å²) in [4.78, 5) is 22.7. The first kappa shape index (κ1) is 22.6. The van der Waals surface area contributed by atoms with Crippen molar-refractivity contribution in [1.29, 1.82) is 0 Å². The third-order valence-corrected chi connectivity index (χ3v) is 4.72. The maximum atomic E-state index is 14.2. The smallest absolute Gasteiger partial charge is 0.284 e. The summed E-state index contributed by atoms with van der Waals surface area (Å²) < 4.78 is 20.8. The molecule has 9 heteroatoms. The van der Waals surface area contributed by atoms with Crippen LogP contribution in [0.5, 0.6) is 5.75 Å². The quantitative estimate of drug-likeness (QED) is 0.440. The molecule has 3 rings (SSSR count). The van der Waals surface area contributed by atoms with E-state index in [0.717, 1.165) is 10.2 Å². The average molecular weight is 488 g/mol. The summed E-state index contributed by atoms with van der Waals surface area (Å²) in [5.74, 6) is -0.769. The fourth-order valence-electron chi connectivity index (χ4n) is 2.80. The monoisotopic (exact) mass is 487 g/mol. The molecule has 0 atom stereocenters. The number of carbonyl (C=O) groups is 1. The standard InChI is InChI=1S/C22H23BrFN5O2/c1-4-31-20-12-18-16(11-19(20)28-22(30)17(24)8-9-29(2)3)21(26-13-25-18)27-15-7-5-6-14(23)10-15/h5-8,10-13H,4,9H2,1-3H3,(H,28,30)(H,25,26,27)/b17-8-. The van der Waals surface area contributed by atoms with Crippen LogP contribution in [0.3, 0.4) is 0 Å². The van der Waals surface area contributed by atoms with Gasteiger partial charge in [0.15, 0.2) is 5.83 Å². The molecule has 0 aliphatic heterocycles. The van der Waals surface area contributed by atoms with E-state index in [4.69, 9.17) is 4.74 Å². The number of benzene rings is 2. The molecule has 3 aromatic rings. The summed E-state index contributed by atoms with van der Waals surface area (Å²) in [5.41, 5.74) is 1.78. The zero-order valence-corrected chi connectivity index (χ0v) is 19.0. The molecule has 2 N–H and O–H groups in total. The first-order valence-electron chi connectivity index (χ1n) is 9.63. The normalized spacial score (nSPS) is 11.6. The fourth-order valence-corrected chi connectivity index (χ4v) is 3.20. The third-order valence-electron chi connectivity index (χ3n) is 4.22. The third kappa shape index (κ3) is 5.99. The molecule has 0 unspecified atom stereocenters. The highest BCUT2D eigenvalue weighted by atomic mass is 79.9. The molecule has 1 amide bonds. The highest BCUT2D eigenvalue weighted by Crippen LogP contribution is 2.34. The first-order valence-corrected chi connectivity index (χ1v) is 10.4. The Balaban J connectivity index is 1.98. The lowest BCUT2D eigenvalue weighted by atomic mass is 10.1. The predicted molar refractivity (Wildman–Crippen MR) is 125 cm³/mol. The van der Waals surface area contributed by atoms with Crippen LogP contribution in [0.15, 0.2) is 59.1 Å². The van der Waals surface area contributed by atoms with E-state index < -0.39 is 11.7 Å². The Morgan fingerprint density at radius 1 is 1.26 bits per heavy atom. The number of anilines is 3. The molecule has 2 aromatic carbocycles. The van der Waals surface area contributed by atoms with E-state index in [1.54, 1.807) is 31.1 Å². The van der Waals surface area contributed by atoms with Crippen LogP contribution in [0.4, 0.5) is 21.6 Å². The van der Waals surface area contributed by atoms with Gasteiger partial charge in [-0.1, -0.05) is 22.0 Å². The molecule has 0 aliphatic carbocycles. The summed E-state index contributed by atoms with van der Waals surface area (Å²) >= 11 is 3.45. The molecule has 0 saturated heterocycles. The summed E-state index contributed by atoms with van der Waals surface area (Å²) in [6.45, 7) is 2.51. The predicted octanol–water partition coefficient (Wildman–Crippen LogP) is 4.89. The number of aromatic nitrogens is 2. The van der Waals surface area contributed by atoms with E-state index in [2.05, 4.69) is 36.5 Å². The van der Waals surface area contributed by atoms with E-state index in [0.29, 0.717) is 41.3 Å². The number of halogens is 2. The van der Waals surface area contributed by atoms with Crippen LogP contribution in [0, 0.1) is 0 Å². The van der Waals surface area contributed by atoms with Crippen molar-refractivity contribution >= 4 is 49.9 Å². The number of hydrogen-bond donors (Lipinski definition) is 2. The number of fused-ring (bicyclic) bond motifs is 1. The molecular formula is C22H23BrFN5O2. The number of nitrogens with zero attached hydrogens (tertiary/aromatic N) is 3. The van der Waals surface area contributed by atoms with Gasteiger partial charge in [-0.3, -0.25) is 4.79 Å². The largest absolute Gasteiger partial charge is 0.492 e. The molecular weight excluding hydrogens is 465 g/mol. The minimum Gasteiger partial charge on any atom is -0.492 e. The Kier molecular flexibility index (Phi) is 7.54. The Morgan fingerprint density at radius 3 is 2.77 bits per heavy atom. The van der Waals surface area contributed by atoms with Crippen molar-refractivity contribution in [2.24, 2.45) is 0 Å². The molecule has 1 heterocycles. The van der Waals surface area contributed by atoms with Gasteiger partial charge in [0.1, 0.15) is 17.9 Å². The first-order chi connectivity index (χ1) is 14.9. The number of rotatable bonds is 8. The average Bonchev–Trinajstić information content (AvgIpc) is 2.73. The second kappa shape index (κ2) is 10.3. The molecule has 0 spiro atoms. The van der Waals surface area contributed by atoms with Gasteiger partial charge in [-0.2, -0.15) is 0 Å². The molecule has 0 radical (unpaired) electrons. The second-order valence-electron chi connectivity index (χ2n) is 6.92. The molecule has 31 heavy (non-hydrogen) atoms. The zero-order valence-electron chi connectivity index (χ0n) is 17.4. The van der Waals surface area contributed by atoms with Gasteiger partial charge >= 0.3 is 0 Å². The van der Waals surface area contributed by atoms with Crippen molar-refractivity contribution in [3.05, 3.63) is 59.1 Å². The molecule has 0 fully saturated rings. The summed E-state index contributed by atoms with van der Waals surface area (Å²) in [6.07, 6.45) is 2.67. The number of nitrogens with one attached hydrogen (secondary N) is 2. The van der Waals surface area contributed by atoms with Gasteiger partial charge in [0, 0.05) is 28.2 Å². The molecule has 0 aliphatic rings. The fraction of sp³-hybridized carbons (Fsp3) is 0.227. The minimum absolute atomic E-state index is 0.309. The second-order valence-corrected chi connectivity index (χ2v) is 7.84. The molecule has 1 aromatic heterocycles. The van der Waals surface area contributed by atoms with Crippen molar-refractivity contribution in [3.8, 4) is 5.75 Å². The van der Waals surface area contributed by atoms with Gasteiger partial charge in [0.05, 0.1) is 17.8 Å². The van der Waals surface area contributed by atoms with Crippen molar-refractivity contribution in [1.82, 2.24) is 14.9 Å². The van der Waals surface area contributed by atoms with Gasteiger partial charge in [-0.05, 0) is 51.4 Å². The Morgan fingerprint density at radius 2 is 2.06 bits per heavy atom. The van der Waals surface area contributed by atoms with Gasteiger partial charge in [0.25, 0.3) is 5.91 Å². The molecule has 0 saturated carbocycles. The lowest BCUT2D eigenvalue weighted by Gasteiger charge is -2.14. The summed E-state index contributed by atoms with van der Waals surface area (Å²) in [6, 6.07) is 11.0. The Hall–Kier alpha value is -3.04. The van der Waals surface area contributed by atoms with Gasteiger partial charge in [-0.15, -0.1) is 0 Å². The van der Waals surface area contributed by atoms with E-state index in [-0.39, 0.29) is 0 Å². The minimum atomic E-state index is -0.868. The van der Waals surface area contributed by atoms with Crippen LogP contribution in [0.1, 0.15) is 6.92 Å². The molecule has 7 nitrogen and oxygen atoms in total. The van der Waals surface area contributed by atoms with E-state index in [1.807, 2.05) is 31.2 Å². The van der Waals surface area contributed by atoms with Crippen molar-refractivity contribution in [3.63, 3.8) is 0 Å². The molecule has 0 bridgehead atoms. The zero-order chi connectivity index (χ0) is 22.4. The Labute approximate surface area is 188 Å². The van der Waals surface area contributed by atoms with Crippen LogP contribution < -0.4 is 15.4 Å². The van der Waals surface area contributed by atoms with Crippen molar-refractivity contribution < 1.29 is 13.9 Å².